The summed E-state index contributed by atoms with van der Waals surface area (Å²) in [6, 6.07) is 7.61. The quantitative estimate of drug-likeness (QED) is 0.372. The second-order valence-electron chi connectivity index (χ2n) is 9.70. The Bertz CT molecular complexity index is 900. The zero-order valence-electron chi connectivity index (χ0n) is 18.4. The number of rotatable bonds is 3. The number of ether oxygens (including phenoxy) is 3. The van der Waals surface area contributed by atoms with Gasteiger partial charge in [0.05, 0.1) is 6.10 Å². The molecular formula is C24H29BrO7. The fraction of sp³-hybridized carbons (Fsp3) is 0.625. The summed E-state index contributed by atoms with van der Waals surface area (Å²) in [5.41, 5.74) is 0.0568. The molecule has 1 aromatic carbocycles. The molecule has 5 fully saturated rings. The number of hydrogen-bond donors (Lipinski definition) is 1. The molecule has 1 spiro atoms. The Kier molecular flexibility index (Phi) is 5.75. The van der Waals surface area contributed by atoms with Gasteiger partial charge < -0.3 is 19.3 Å². The maximum atomic E-state index is 12.6. The number of carbonyl (C=O) groups excluding carboxylic acids is 1. The summed E-state index contributed by atoms with van der Waals surface area (Å²) in [7, 11) is 0. The van der Waals surface area contributed by atoms with Gasteiger partial charge >= 0.3 is 5.97 Å². The fourth-order valence-electron chi connectivity index (χ4n) is 5.85. The van der Waals surface area contributed by atoms with Crippen LogP contribution in [0, 0.1) is 23.7 Å². The Morgan fingerprint density at radius 1 is 1.19 bits per heavy atom. The van der Waals surface area contributed by atoms with Crippen LogP contribution in [0.25, 0.3) is 6.08 Å². The SMILES string of the molecule is C[C@@H]1[C@H](O)C[C@H]2[C@@H](C)[C@H](OC(=O)/C=C/c3ccc(Br)cc3)O[C@@H]3O[C@@]4(C)CC[C@@H]1[C@]32OO4. The summed E-state index contributed by atoms with van der Waals surface area (Å²) in [6.45, 7) is 5.84. The standard InChI is InChI=1S/C24H29BrO7/c1-13-17-10-11-23(3)30-22-24(17,32-31-23)18(12-19(13)26)14(2)21(29-22)28-20(27)9-6-15-4-7-16(25)8-5-15/h4-9,13-14,17-19,21-22,26H,10-12H2,1-3H3/b9-6+/t13-,14+,17-,18-,19+,21+,22+,23+,24+/m0/s1. The first kappa shape index (κ1) is 22.5. The van der Waals surface area contributed by atoms with Crippen molar-refractivity contribution in [3.05, 3.63) is 40.4 Å². The molecule has 4 heterocycles. The lowest BCUT2D eigenvalue weighted by Crippen LogP contribution is -2.72. The number of halogens is 1. The van der Waals surface area contributed by atoms with Crippen LogP contribution in [-0.2, 0) is 28.8 Å². The van der Waals surface area contributed by atoms with Crippen molar-refractivity contribution in [3.8, 4) is 0 Å². The fourth-order valence-corrected chi connectivity index (χ4v) is 6.12. The van der Waals surface area contributed by atoms with Gasteiger partial charge in [0.2, 0.25) is 12.1 Å². The van der Waals surface area contributed by atoms with Gasteiger partial charge in [0.25, 0.3) is 0 Å². The molecule has 0 radical (unpaired) electrons. The van der Waals surface area contributed by atoms with Crippen LogP contribution in [-0.4, -0.2) is 41.1 Å². The molecule has 4 aliphatic heterocycles. The van der Waals surface area contributed by atoms with Crippen LogP contribution < -0.4 is 0 Å². The predicted octanol–water partition coefficient (Wildman–Crippen LogP) is 4.18. The highest BCUT2D eigenvalue weighted by Gasteiger charge is 2.71. The van der Waals surface area contributed by atoms with Gasteiger partial charge in [-0.2, -0.15) is 0 Å². The lowest BCUT2D eigenvalue weighted by Gasteiger charge is -2.60. The minimum absolute atomic E-state index is 0.0157. The molecule has 0 aromatic heterocycles. The zero-order chi connectivity index (χ0) is 22.7. The largest absolute Gasteiger partial charge is 0.432 e. The summed E-state index contributed by atoms with van der Waals surface area (Å²) in [4.78, 5) is 24.4. The minimum Gasteiger partial charge on any atom is -0.432 e. The third-order valence-electron chi connectivity index (χ3n) is 7.73. The molecule has 7 nitrogen and oxygen atoms in total. The molecule has 0 unspecified atom stereocenters. The first-order valence-corrected chi connectivity index (χ1v) is 12.0. The van der Waals surface area contributed by atoms with Crippen molar-refractivity contribution in [2.24, 2.45) is 23.7 Å². The molecule has 1 saturated carbocycles. The Labute approximate surface area is 196 Å². The van der Waals surface area contributed by atoms with E-state index in [2.05, 4.69) is 15.9 Å². The topological polar surface area (TPSA) is 83.5 Å². The maximum absolute atomic E-state index is 12.6. The van der Waals surface area contributed by atoms with Gasteiger partial charge in [-0.15, -0.1) is 0 Å². The smallest absolute Gasteiger partial charge is 0.333 e. The van der Waals surface area contributed by atoms with Crippen molar-refractivity contribution < 1.29 is 33.9 Å². The van der Waals surface area contributed by atoms with Crippen molar-refractivity contribution in [1.82, 2.24) is 0 Å². The van der Waals surface area contributed by atoms with E-state index >= 15 is 0 Å². The second kappa shape index (κ2) is 8.18. The van der Waals surface area contributed by atoms with Crippen LogP contribution in [0.4, 0.5) is 0 Å². The van der Waals surface area contributed by atoms with E-state index in [0.29, 0.717) is 12.8 Å². The number of aliphatic hydroxyl groups is 1. The van der Waals surface area contributed by atoms with Gasteiger partial charge in [0.1, 0.15) is 0 Å². The number of hydrogen-bond acceptors (Lipinski definition) is 7. The van der Waals surface area contributed by atoms with E-state index in [-0.39, 0.29) is 23.7 Å². The van der Waals surface area contributed by atoms with Crippen LogP contribution in [0.1, 0.15) is 45.6 Å². The predicted molar refractivity (Wildman–Crippen MR) is 117 cm³/mol. The first-order valence-electron chi connectivity index (χ1n) is 11.2. The van der Waals surface area contributed by atoms with E-state index in [1.165, 1.54) is 6.08 Å². The molecule has 6 rings (SSSR count). The molecule has 1 aliphatic carbocycles. The summed E-state index contributed by atoms with van der Waals surface area (Å²) >= 11 is 3.40. The summed E-state index contributed by atoms with van der Waals surface area (Å²) in [5, 5.41) is 10.8. The second-order valence-corrected chi connectivity index (χ2v) is 10.6. The Balaban J connectivity index is 1.38. The maximum Gasteiger partial charge on any atom is 0.333 e. The number of esters is 1. The third kappa shape index (κ3) is 3.65. The zero-order valence-corrected chi connectivity index (χ0v) is 20.0. The molecule has 0 amide bonds. The lowest BCUT2D eigenvalue weighted by molar-refractivity contribution is -0.577. The normalized spacial score (nSPS) is 45.3. The Morgan fingerprint density at radius 2 is 1.94 bits per heavy atom. The van der Waals surface area contributed by atoms with Gasteiger partial charge in [-0.3, -0.25) is 0 Å². The van der Waals surface area contributed by atoms with Crippen molar-refractivity contribution in [3.63, 3.8) is 0 Å². The van der Waals surface area contributed by atoms with E-state index in [0.717, 1.165) is 16.5 Å². The molecule has 5 aliphatic rings. The minimum atomic E-state index is -0.931. The van der Waals surface area contributed by atoms with Crippen molar-refractivity contribution in [2.45, 2.75) is 70.1 Å². The molecule has 8 heteroatoms. The van der Waals surface area contributed by atoms with Crippen LogP contribution in [0.15, 0.2) is 34.8 Å². The average Bonchev–Trinajstić information content (AvgIpc) is 2.99. The van der Waals surface area contributed by atoms with E-state index in [1.807, 2.05) is 45.0 Å². The van der Waals surface area contributed by atoms with Crippen LogP contribution in [0.5, 0.6) is 0 Å². The molecular weight excluding hydrogens is 480 g/mol. The van der Waals surface area contributed by atoms with E-state index in [9.17, 15) is 9.90 Å². The summed E-state index contributed by atoms with van der Waals surface area (Å²) in [6.07, 6.45) is 3.02. The highest BCUT2D eigenvalue weighted by atomic mass is 79.9. The van der Waals surface area contributed by atoms with Gasteiger partial charge in [-0.25, -0.2) is 14.6 Å². The molecule has 174 valence electrons. The van der Waals surface area contributed by atoms with Gasteiger partial charge in [-0.05, 0) is 49.5 Å². The Morgan fingerprint density at radius 3 is 2.69 bits per heavy atom. The number of carbonyl (C=O) groups is 1. The molecule has 1 N–H and O–H groups in total. The highest BCUT2D eigenvalue weighted by Crippen LogP contribution is 2.60. The molecule has 1 aromatic rings. The lowest BCUT2D eigenvalue weighted by atomic mass is 9.57. The molecule has 2 bridgehead atoms. The number of benzene rings is 1. The van der Waals surface area contributed by atoms with Gasteiger partial charge in [-0.1, -0.05) is 41.9 Å². The number of aliphatic hydroxyl groups excluding tert-OH is 1. The van der Waals surface area contributed by atoms with Crippen LogP contribution in [0.3, 0.4) is 0 Å². The van der Waals surface area contributed by atoms with E-state index < -0.39 is 36.0 Å². The molecule has 4 saturated heterocycles. The average molecular weight is 509 g/mol. The van der Waals surface area contributed by atoms with Gasteiger partial charge in [0, 0.05) is 34.7 Å². The summed E-state index contributed by atoms with van der Waals surface area (Å²) < 4.78 is 19.2. The number of fused-ring (bicyclic) bond motifs is 2. The van der Waals surface area contributed by atoms with Crippen LogP contribution >= 0.6 is 15.9 Å². The van der Waals surface area contributed by atoms with Crippen molar-refractivity contribution >= 4 is 28.0 Å². The monoisotopic (exact) mass is 508 g/mol. The summed E-state index contributed by atoms with van der Waals surface area (Å²) in [5.74, 6) is -1.75. The van der Waals surface area contributed by atoms with Crippen molar-refractivity contribution in [2.75, 3.05) is 0 Å². The highest BCUT2D eigenvalue weighted by molar-refractivity contribution is 9.10. The third-order valence-corrected chi connectivity index (χ3v) is 8.26. The first-order chi connectivity index (χ1) is 15.2. The van der Waals surface area contributed by atoms with Gasteiger partial charge in [0.15, 0.2) is 11.9 Å². The van der Waals surface area contributed by atoms with Crippen LogP contribution in [0.2, 0.25) is 0 Å². The van der Waals surface area contributed by atoms with E-state index in [4.69, 9.17) is 24.0 Å². The molecule has 32 heavy (non-hydrogen) atoms. The molecule has 9 atom stereocenters. The van der Waals surface area contributed by atoms with Crippen molar-refractivity contribution in [1.29, 1.82) is 0 Å². The Hall–Kier alpha value is -1.29. The van der Waals surface area contributed by atoms with E-state index in [1.54, 1.807) is 6.08 Å².